The molecule has 0 radical (unpaired) electrons. The standard InChI is InChI=1S/C11H16ClNOS/c1-14-11(5-3-2-4-6-11)10-13-9(7-12)8-15-10/h8H,2-7H2,1H3. The Morgan fingerprint density at radius 3 is 2.73 bits per heavy atom. The Hall–Kier alpha value is -0.120. The highest BCUT2D eigenvalue weighted by Gasteiger charge is 2.36. The number of alkyl halides is 1. The van der Waals surface area contributed by atoms with E-state index in [9.17, 15) is 0 Å². The van der Waals surface area contributed by atoms with E-state index < -0.39 is 0 Å². The van der Waals surface area contributed by atoms with Crippen molar-refractivity contribution in [3.63, 3.8) is 0 Å². The molecule has 0 bridgehead atoms. The Morgan fingerprint density at radius 2 is 2.20 bits per heavy atom. The maximum absolute atomic E-state index is 5.77. The number of hydrogen-bond donors (Lipinski definition) is 0. The summed E-state index contributed by atoms with van der Waals surface area (Å²) in [5, 5.41) is 3.15. The lowest BCUT2D eigenvalue weighted by Crippen LogP contribution is -2.30. The van der Waals surface area contributed by atoms with E-state index >= 15 is 0 Å². The number of halogens is 1. The number of thiazole rings is 1. The van der Waals surface area contributed by atoms with E-state index in [1.54, 1.807) is 18.4 Å². The van der Waals surface area contributed by atoms with Crippen LogP contribution in [0.25, 0.3) is 0 Å². The molecule has 0 unspecified atom stereocenters. The topological polar surface area (TPSA) is 22.1 Å². The van der Waals surface area contributed by atoms with Gasteiger partial charge in [0.25, 0.3) is 0 Å². The van der Waals surface area contributed by atoms with Crippen LogP contribution in [-0.2, 0) is 16.2 Å². The molecule has 1 saturated carbocycles. The first-order valence-electron chi connectivity index (χ1n) is 5.37. The molecule has 1 heterocycles. The van der Waals surface area contributed by atoms with Gasteiger partial charge in [-0.2, -0.15) is 0 Å². The van der Waals surface area contributed by atoms with Gasteiger partial charge in [0.15, 0.2) is 0 Å². The summed E-state index contributed by atoms with van der Waals surface area (Å²) in [6, 6.07) is 0. The quantitative estimate of drug-likeness (QED) is 0.758. The van der Waals surface area contributed by atoms with Gasteiger partial charge in [0.1, 0.15) is 10.6 Å². The van der Waals surface area contributed by atoms with Crippen LogP contribution in [-0.4, -0.2) is 12.1 Å². The smallest absolute Gasteiger partial charge is 0.125 e. The fraction of sp³-hybridized carbons (Fsp3) is 0.727. The third-order valence-corrected chi connectivity index (χ3v) is 4.48. The average molecular weight is 246 g/mol. The van der Waals surface area contributed by atoms with Crippen LogP contribution in [0.3, 0.4) is 0 Å². The zero-order chi connectivity index (χ0) is 10.7. The van der Waals surface area contributed by atoms with Crippen molar-refractivity contribution in [3.05, 3.63) is 16.1 Å². The predicted octanol–water partition coefficient (Wildman–Crippen LogP) is 3.69. The third kappa shape index (κ3) is 2.19. The minimum absolute atomic E-state index is 0.118. The van der Waals surface area contributed by atoms with Gasteiger partial charge in [-0.1, -0.05) is 19.3 Å². The molecule has 1 aromatic heterocycles. The summed E-state index contributed by atoms with van der Waals surface area (Å²) in [4.78, 5) is 4.56. The van der Waals surface area contributed by atoms with E-state index in [4.69, 9.17) is 16.3 Å². The highest BCUT2D eigenvalue weighted by Crippen LogP contribution is 2.41. The summed E-state index contributed by atoms with van der Waals surface area (Å²) in [7, 11) is 1.80. The second-order valence-electron chi connectivity index (χ2n) is 4.04. The van der Waals surface area contributed by atoms with Crippen molar-refractivity contribution in [2.45, 2.75) is 43.6 Å². The molecule has 0 aromatic carbocycles. The molecule has 0 N–H and O–H groups in total. The lowest BCUT2D eigenvalue weighted by molar-refractivity contribution is -0.0446. The number of aromatic nitrogens is 1. The lowest BCUT2D eigenvalue weighted by atomic mass is 9.85. The van der Waals surface area contributed by atoms with Gasteiger partial charge in [-0.25, -0.2) is 4.98 Å². The molecular formula is C11H16ClNOS. The van der Waals surface area contributed by atoms with Gasteiger partial charge >= 0.3 is 0 Å². The van der Waals surface area contributed by atoms with Crippen molar-refractivity contribution in [1.82, 2.24) is 4.98 Å². The summed E-state index contributed by atoms with van der Waals surface area (Å²) < 4.78 is 5.73. The van der Waals surface area contributed by atoms with Crippen molar-refractivity contribution >= 4 is 22.9 Å². The summed E-state index contributed by atoms with van der Waals surface area (Å²) in [6.07, 6.45) is 5.99. The Bertz CT molecular complexity index is 320. The van der Waals surface area contributed by atoms with E-state index in [0.29, 0.717) is 5.88 Å². The fourth-order valence-corrected chi connectivity index (χ4v) is 3.49. The summed E-state index contributed by atoms with van der Waals surface area (Å²) in [5.74, 6) is 0.496. The fourth-order valence-electron chi connectivity index (χ4n) is 2.21. The Labute approximate surface area is 99.6 Å². The number of ether oxygens (including phenoxy) is 1. The molecule has 1 aliphatic rings. The molecule has 4 heteroatoms. The van der Waals surface area contributed by atoms with E-state index in [2.05, 4.69) is 4.98 Å². The SMILES string of the molecule is COC1(c2nc(CCl)cs2)CCCCC1. The first-order valence-corrected chi connectivity index (χ1v) is 6.78. The maximum atomic E-state index is 5.77. The van der Waals surface area contributed by atoms with Crippen LogP contribution >= 0.6 is 22.9 Å². The van der Waals surface area contributed by atoms with Gasteiger partial charge in [-0.05, 0) is 12.8 Å². The maximum Gasteiger partial charge on any atom is 0.125 e. The molecule has 2 rings (SSSR count). The molecule has 1 fully saturated rings. The molecular weight excluding hydrogens is 230 g/mol. The van der Waals surface area contributed by atoms with Gasteiger partial charge < -0.3 is 4.74 Å². The molecule has 0 amide bonds. The van der Waals surface area contributed by atoms with Crippen LogP contribution in [0, 0.1) is 0 Å². The van der Waals surface area contributed by atoms with E-state index in [-0.39, 0.29) is 5.60 Å². The van der Waals surface area contributed by atoms with E-state index in [1.807, 2.05) is 5.38 Å². The zero-order valence-corrected chi connectivity index (χ0v) is 10.5. The molecule has 1 aromatic rings. The molecule has 0 aliphatic heterocycles. The second kappa shape index (κ2) is 4.81. The first kappa shape index (κ1) is 11.4. The molecule has 2 nitrogen and oxygen atoms in total. The minimum Gasteiger partial charge on any atom is -0.371 e. The van der Waals surface area contributed by atoms with Gasteiger partial charge in [-0.3, -0.25) is 0 Å². The number of methoxy groups -OCH3 is 1. The van der Waals surface area contributed by atoms with Crippen LogP contribution in [0.5, 0.6) is 0 Å². The van der Waals surface area contributed by atoms with Crippen molar-refractivity contribution in [2.75, 3.05) is 7.11 Å². The Morgan fingerprint density at radius 1 is 1.47 bits per heavy atom. The molecule has 15 heavy (non-hydrogen) atoms. The summed E-state index contributed by atoms with van der Waals surface area (Å²) >= 11 is 7.45. The number of rotatable bonds is 3. The van der Waals surface area contributed by atoms with Crippen molar-refractivity contribution < 1.29 is 4.74 Å². The van der Waals surface area contributed by atoms with Crippen molar-refractivity contribution in [2.24, 2.45) is 0 Å². The molecule has 84 valence electrons. The predicted molar refractivity (Wildman–Crippen MR) is 63.4 cm³/mol. The highest BCUT2D eigenvalue weighted by molar-refractivity contribution is 7.09. The molecule has 1 aliphatic carbocycles. The van der Waals surface area contributed by atoms with Gasteiger partial charge in [0.2, 0.25) is 0 Å². The number of hydrogen-bond acceptors (Lipinski definition) is 3. The van der Waals surface area contributed by atoms with Gasteiger partial charge in [-0.15, -0.1) is 22.9 Å². The average Bonchev–Trinajstić information content (AvgIpc) is 2.79. The van der Waals surface area contributed by atoms with E-state index in [1.165, 1.54) is 19.3 Å². The normalized spacial score (nSPS) is 20.4. The highest BCUT2D eigenvalue weighted by atomic mass is 35.5. The van der Waals surface area contributed by atoms with Crippen LogP contribution in [0.1, 0.15) is 42.8 Å². The Kier molecular flexibility index (Phi) is 3.65. The Balaban J connectivity index is 2.24. The first-order chi connectivity index (χ1) is 7.30. The monoisotopic (exact) mass is 245 g/mol. The minimum atomic E-state index is -0.118. The van der Waals surface area contributed by atoms with E-state index in [0.717, 1.165) is 23.5 Å². The third-order valence-electron chi connectivity index (χ3n) is 3.13. The van der Waals surface area contributed by atoms with Crippen LogP contribution in [0.15, 0.2) is 5.38 Å². The van der Waals surface area contributed by atoms with Crippen LogP contribution < -0.4 is 0 Å². The largest absolute Gasteiger partial charge is 0.371 e. The number of nitrogens with zero attached hydrogens (tertiary/aromatic N) is 1. The molecule has 0 atom stereocenters. The van der Waals surface area contributed by atoms with Crippen LogP contribution in [0.4, 0.5) is 0 Å². The van der Waals surface area contributed by atoms with Crippen LogP contribution in [0.2, 0.25) is 0 Å². The zero-order valence-electron chi connectivity index (χ0n) is 8.96. The van der Waals surface area contributed by atoms with Crippen molar-refractivity contribution in [3.8, 4) is 0 Å². The second-order valence-corrected chi connectivity index (χ2v) is 5.16. The van der Waals surface area contributed by atoms with Gasteiger partial charge in [0.05, 0.1) is 11.6 Å². The summed E-state index contributed by atoms with van der Waals surface area (Å²) in [6.45, 7) is 0. The lowest BCUT2D eigenvalue weighted by Gasteiger charge is -2.34. The van der Waals surface area contributed by atoms with Gasteiger partial charge in [0, 0.05) is 12.5 Å². The molecule has 0 saturated heterocycles. The summed E-state index contributed by atoms with van der Waals surface area (Å²) in [5.41, 5.74) is 0.853. The van der Waals surface area contributed by atoms with Crippen molar-refractivity contribution in [1.29, 1.82) is 0 Å². The molecule has 0 spiro atoms.